The molecule has 0 radical (unpaired) electrons. The summed E-state index contributed by atoms with van der Waals surface area (Å²) in [5.74, 6) is 0. The Kier molecular flexibility index (Phi) is 12.2. The molecule has 1 atom stereocenters. The standard InChI is InChI=1S/C13H27NO6/c1-14-13-12-19-9-8-17-5-4-15-2-3-16-6-7-18-10-11-20-13/h13-14H,2-12H2,1H3. The van der Waals surface area contributed by atoms with E-state index in [1.54, 1.807) is 0 Å². The lowest BCUT2D eigenvalue weighted by molar-refractivity contribution is -0.0680. The first-order valence-corrected chi connectivity index (χ1v) is 7.11. The minimum Gasteiger partial charge on any atom is -0.377 e. The Labute approximate surface area is 120 Å². The topological polar surface area (TPSA) is 67.4 Å². The number of nitrogens with one attached hydrogen (secondary N) is 1. The highest BCUT2D eigenvalue weighted by atomic mass is 16.6. The van der Waals surface area contributed by atoms with E-state index in [-0.39, 0.29) is 6.23 Å². The van der Waals surface area contributed by atoms with Gasteiger partial charge in [0, 0.05) is 0 Å². The van der Waals surface area contributed by atoms with Gasteiger partial charge in [0.25, 0.3) is 0 Å². The van der Waals surface area contributed by atoms with Crippen LogP contribution in [0, 0.1) is 0 Å². The third kappa shape index (κ3) is 10.5. The Bertz CT molecular complexity index is 189. The first-order chi connectivity index (χ1) is 9.93. The molecule has 120 valence electrons. The van der Waals surface area contributed by atoms with Gasteiger partial charge in [0.2, 0.25) is 0 Å². The van der Waals surface area contributed by atoms with E-state index < -0.39 is 0 Å². The molecule has 20 heavy (non-hydrogen) atoms. The minimum atomic E-state index is -0.128. The molecule has 0 spiro atoms. The van der Waals surface area contributed by atoms with Crippen molar-refractivity contribution in [1.29, 1.82) is 0 Å². The largest absolute Gasteiger partial charge is 0.377 e. The summed E-state index contributed by atoms with van der Waals surface area (Å²) in [6.45, 7) is 6.07. The van der Waals surface area contributed by atoms with Crippen molar-refractivity contribution in [1.82, 2.24) is 5.32 Å². The molecule has 0 aromatic carbocycles. The smallest absolute Gasteiger partial charge is 0.131 e. The molecule has 1 heterocycles. The lowest BCUT2D eigenvalue weighted by Crippen LogP contribution is -2.34. The van der Waals surface area contributed by atoms with E-state index >= 15 is 0 Å². The van der Waals surface area contributed by atoms with Crippen molar-refractivity contribution >= 4 is 0 Å². The fourth-order valence-electron chi connectivity index (χ4n) is 1.53. The Morgan fingerprint density at radius 2 is 1.00 bits per heavy atom. The molecule has 1 unspecified atom stereocenters. The van der Waals surface area contributed by atoms with Gasteiger partial charge in [-0.2, -0.15) is 0 Å². The molecule has 0 bridgehead atoms. The second kappa shape index (κ2) is 13.7. The van der Waals surface area contributed by atoms with Crippen LogP contribution in [0.25, 0.3) is 0 Å². The van der Waals surface area contributed by atoms with Gasteiger partial charge in [-0.05, 0) is 7.05 Å². The molecule has 1 fully saturated rings. The van der Waals surface area contributed by atoms with E-state index in [1.165, 1.54) is 0 Å². The van der Waals surface area contributed by atoms with Crippen LogP contribution in [0.15, 0.2) is 0 Å². The van der Waals surface area contributed by atoms with Gasteiger partial charge in [-0.3, -0.25) is 5.32 Å². The summed E-state index contributed by atoms with van der Waals surface area (Å²) in [5.41, 5.74) is 0. The first-order valence-electron chi connectivity index (χ1n) is 7.11. The van der Waals surface area contributed by atoms with E-state index in [1.807, 2.05) is 7.05 Å². The molecule has 1 aliphatic rings. The molecule has 0 saturated carbocycles. The quantitative estimate of drug-likeness (QED) is 0.708. The zero-order valence-corrected chi connectivity index (χ0v) is 12.3. The van der Waals surface area contributed by atoms with E-state index in [4.69, 9.17) is 28.4 Å². The molecular formula is C13H27NO6. The van der Waals surface area contributed by atoms with Gasteiger partial charge in [0.1, 0.15) is 6.23 Å². The van der Waals surface area contributed by atoms with Gasteiger partial charge in [-0.15, -0.1) is 0 Å². The van der Waals surface area contributed by atoms with E-state index in [0.717, 1.165) is 0 Å². The SMILES string of the molecule is CNC1COCCOCCOCCOCCOCCO1. The summed E-state index contributed by atoms with van der Waals surface area (Å²) in [6, 6.07) is 0. The molecule has 1 N–H and O–H groups in total. The van der Waals surface area contributed by atoms with Crippen molar-refractivity contribution < 1.29 is 28.4 Å². The maximum atomic E-state index is 5.57. The summed E-state index contributed by atoms with van der Waals surface area (Å²) in [6.07, 6.45) is -0.128. The van der Waals surface area contributed by atoms with Crippen LogP contribution in [0.4, 0.5) is 0 Å². The predicted molar refractivity (Wildman–Crippen MR) is 72.9 cm³/mol. The van der Waals surface area contributed by atoms with Gasteiger partial charge < -0.3 is 28.4 Å². The average Bonchev–Trinajstić information content (AvgIpc) is 2.47. The molecule has 0 amide bonds. The van der Waals surface area contributed by atoms with E-state index in [2.05, 4.69) is 5.32 Å². The molecule has 0 aromatic rings. The van der Waals surface area contributed by atoms with Crippen molar-refractivity contribution in [3.63, 3.8) is 0 Å². The van der Waals surface area contributed by atoms with Crippen molar-refractivity contribution in [2.24, 2.45) is 0 Å². The van der Waals surface area contributed by atoms with Gasteiger partial charge in [0.05, 0.1) is 72.7 Å². The Morgan fingerprint density at radius 3 is 1.45 bits per heavy atom. The number of rotatable bonds is 1. The minimum absolute atomic E-state index is 0.128. The summed E-state index contributed by atoms with van der Waals surface area (Å²) in [5, 5.41) is 3.04. The Hall–Kier alpha value is -0.280. The van der Waals surface area contributed by atoms with Crippen LogP contribution in [-0.2, 0) is 28.4 Å². The second-order valence-electron chi connectivity index (χ2n) is 4.17. The van der Waals surface area contributed by atoms with Crippen LogP contribution < -0.4 is 5.32 Å². The number of hydrogen-bond donors (Lipinski definition) is 1. The van der Waals surface area contributed by atoms with Crippen LogP contribution >= 0.6 is 0 Å². The molecule has 7 nitrogen and oxygen atoms in total. The maximum Gasteiger partial charge on any atom is 0.131 e. The van der Waals surface area contributed by atoms with Crippen molar-refractivity contribution in [2.75, 3.05) is 79.7 Å². The third-order valence-corrected chi connectivity index (χ3v) is 2.63. The monoisotopic (exact) mass is 293 g/mol. The van der Waals surface area contributed by atoms with E-state index in [0.29, 0.717) is 72.7 Å². The zero-order chi connectivity index (χ0) is 14.3. The molecule has 1 rings (SSSR count). The Morgan fingerprint density at radius 1 is 0.600 bits per heavy atom. The van der Waals surface area contributed by atoms with Crippen LogP contribution in [0.1, 0.15) is 0 Å². The van der Waals surface area contributed by atoms with E-state index in [9.17, 15) is 0 Å². The highest BCUT2D eigenvalue weighted by Crippen LogP contribution is 1.91. The van der Waals surface area contributed by atoms with Gasteiger partial charge >= 0.3 is 0 Å². The van der Waals surface area contributed by atoms with Crippen LogP contribution in [0.2, 0.25) is 0 Å². The van der Waals surface area contributed by atoms with Crippen LogP contribution in [0.3, 0.4) is 0 Å². The highest BCUT2D eigenvalue weighted by molar-refractivity contribution is 4.50. The lowest BCUT2D eigenvalue weighted by atomic mass is 10.6. The fourth-order valence-corrected chi connectivity index (χ4v) is 1.53. The summed E-state index contributed by atoms with van der Waals surface area (Å²) < 4.78 is 32.5. The third-order valence-electron chi connectivity index (χ3n) is 2.63. The molecule has 0 aliphatic carbocycles. The summed E-state index contributed by atoms with van der Waals surface area (Å²) in [7, 11) is 1.84. The molecule has 1 saturated heterocycles. The van der Waals surface area contributed by atoms with Gasteiger partial charge in [-0.25, -0.2) is 0 Å². The fraction of sp³-hybridized carbons (Fsp3) is 1.00. The summed E-state index contributed by atoms with van der Waals surface area (Å²) in [4.78, 5) is 0. The van der Waals surface area contributed by atoms with Crippen molar-refractivity contribution in [3.8, 4) is 0 Å². The molecule has 0 aromatic heterocycles. The zero-order valence-electron chi connectivity index (χ0n) is 12.3. The predicted octanol–water partition coefficient (Wildman–Crippen LogP) is -0.355. The average molecular weight is 293 g/mol. The normalized spacial score (nSPS) is 26.6. The van der Waals surface area contributed by atoms with Gasteiger partial charge in [-0.1, -0.05) is 0 Å². The van der Waals surface area contributed by atoms with Crippen LogP contribution in [0.5, 0.6) is 0 Å². The van der Waals surface area contributed by atoms with Crippen LogP contribution in [-0.4, -0.2) is 86.0 Å². The highest BCUT2D eigenvalue weighted by Gasteiger charge is 2.06. The lowest BCUT2D eigenvalue weighted by Gasteiger charge is -2.17. The summed E-state index contributed by atoms with van der Waals surface area (Å²) >= 11 is 0. The second-order valence-corrected chi connectivity index (χ2v) is 4.17. The number of likely N-dealkylation sites (N-methyl/N-ethyl adjacent to an activating group) is 1. The molecule has 7 heteroatoms. The van der Waals surface area contributed by atoms with Crippen molar-refractivity contribution in [3.05, 3.63) is 0 Å². The Balaban J connectivity index is 2.14. The maximum absolute atomic E-state index is 5.57. The first kappa shape index (κ1) is 17.8. The number of hydrogen-bond acceptors (Lipinski definition) is 7. The number of ether oxygens (including phenoxy) is 6. The van der Waals surface area contributed by atoms with Crippen molar-refractivity contribution in [2.45, 2.75) is 6.23 Å². The molecule has 1 aliphatic heterocycles. The molecular weight excluding hydrogens is 266 g/mol. The van der Waals surface area contributed by atoms with Gasteiger partial charge in [0.15, 0.2) is 0 Å².